The monoisotopic (exact) mass is 293 g/mol. The van der Waals surface area contributed by atoms with Gasteiger partial charge in [-0.05, 0) is 25.7 Å². The lowest BCUT2D eigenvalue weighted by Crippen LogP contribution is -2.47. The van der Waals surface area contributed by atoms with Crippen molar-refractivity contribution in [2.24, 2.45) is 0 Å². The van der Waals surface area contributed by atoms with E-state index in [4.69, 9.17) is 0 Å². The van der Waals surface area contributed by atoms with Crippen LogP contribution in [0, 0.1) is 29.1 Å². The normalized spacial score (nSPS) is 32.7. The van der Waals surface area contributed by atoms with Gasteiger partial charge in [0.2, 0.25) is 5.82 Å². The van der Waals surface area contributed by atoms with Crippen LogP contribution >= 0.6 is 0 Å². The Bertz CT molecular complexity index is 535. The molecule has 2 bridgehead atoms. The highest BCUT2D eigenvalue weighted by molar-refractivity contribution is 5.31. The summed E-state index contributed by atoms with van der Waals surface area (Å²) in [7, 11) is 0. The molecule has 1 aromatic rings. The number of aliphatic hydroxyl groups is 1. The minimum atomic E-state index is -2.20. The third-order valence-corrected chi connectivity index (χ3v) is 4.18. The molecular weight excluding hydrogens is 281 g/mol. The Kier molecular flexibility index (Phi) is 3.02. The van der Waals surface area contributed by atoms with E-state index in [1.54, 1.807) is 0 Å². The van der Waals surface area contributed by atoms with Crippen LogP contribution in [0.15, 0.2) is 0 Å². The maximum Gasteiger partial charge on any atom is 0.200 e. The summed E-state index contributed by atoms with van der Waals surface area (Å²) in [5.74, 6) is -10.1. The number of halogens is 5. The zero-order chi connectivity index (χ0) is 14.7. The molecule has 20 heavy (non-hydrogen) atoms. The van der Waals surface area contributed by atoms with Crippen molar-refractivity contribution in [1.29, 1.82) is 0 Å². The zero-order valence-electron chi connectivity index (χ0n) is 10.3. The number of hydrogen-bond donors (Lipinski definition) is 2. The summed E-state index contributed by atoms with van der Waals surface area (Å²) < 4.78 is 67.1. The zero-order valence-corrected chi connectivity index (χ0v) is 10.3. The van der Waals surface area contributed by atoms with E-state index in [0.29, 0.717) is 12.8 Å². The molecule has 0 aliphatic carbocycles. The van der Waals surface area contributed by atoms with Crippen LogP contribution in [0.1, 0.15) is 31.2 Å². The number of hydrogen-bond acceptors (Lipinski definition) is 2. The predicted molar refractivity (Wildman–Crippen MR) is 59.3 cm³/mol. The lowest BCUT2D eigenvalue weighted by atomic mass is 9.80. The number of benzene rings is 1. The minimum absolute atomic E-state index is 0.0676. The summed E-state index contributed by atoms with van der Waals surface area (Å²) in [4.78, 5) is 0. The molecule has 2 fully saturated rings. The van der Waals surface area contributed by atoms with Crippen molar-refractivity contribution in [2.75, 3.05) is 0 Å². The molecule has 0 amide bonds. The molecule has 2 aliphatic heterocycles. The average Bonchev–Trinajstić information content (AvgIpc) is 2.74. The molecule has 2 unspecified atom stereocenters. The Hall–Kier alpha value is -1.21. The summed E-state index contributed by atoms with van der Waals surface area (Å²) >= 11 is 0. The van der Waals surface area contributed by atoms with Crippen LogP contribution in [0.5, 0.6) is 0 Å². The van der Waals surface area contributed by atoms with E-state index < -0.39 is 40.3 Å². The first kappa shape index (κ1) is 13.8. The molecule has 0 aromatic heterocycles. The average molecular weight is 293 g/mol. The molecule has 2 N–H and O–H groups in total. The quantitative estimate of drug-likeness (QED) is 0.474. The van der Waals surface area contributed by atoms with Gasteiger partial charge >= 0.3 is 0 Å². The summed E-state index contributed by atoms with van der Waals surface area (Å²) in [6, 6.07) is -0.345. The highest BCUT2D eigenvalue weighted by atomic mass is 19.2. The van der Waals surface area contributed by atoms with Crippen LogP contribution < -0.4 is 5.32 Å². The van der Waals surface area contributed by atoms with Gasteiger partial charge in [0.05, 0.1) is 11.2 Å². The second-order valence-electron chi connectivity index (χ2n) is 5.52. The molecule has 3 rings (SSSR count). The van der Waals surface area contributed by atoms with Crippen molar-refractivity contribution in [1.82, 2.24) is 5.32 Å². The Labute approximate surface area is 111 Å². The number of rotatable bonds is 1. The van der Waals surface area contributed by atoms with Gasteiger partial charge in [-0.3, -0.25) is 0 Å². The molecule has 2 saturated heterocycles. The van der Waals surface area contributed by atoms with Gasteiger partial charge < -0.3 is 10.4 Å². The van der Waals surface area contributed by atoms with Gasteiger partial charge in [-0.1, -0.05) is 0 Å². The van der Waals surface area contributed by atoms with Crippen LogP contribution in [0.25, 0.3) is 0 Å². The minimum Gasteiger partial charge on any atom is -0.385 e. The van der Waals surface area contributed by atoms with Crippen LogP contribution in [0.4, 0.5) is 22.0 Å². The van der Waals surface area contributed by atoms with Crippen molar-refractivity contribution < 1.29 is 27.1 Å². The number of fused-ring (bicyclic) bond motifs is 2. The smallest absolute Gasteiger partial charge is 0.200 e. The largest absolute Gasteiger partial charge is 0.385 e. The summed E-state index contributed by atoms with van der Waals surface area (Å²) in [5, 5.41) is 13.6. The highest BCUT2D eigenvalue weighted by Gasteiger charge is 2.47. The molecule has 2 nitrogen and oxygen atoms in total. The van der Waals surface area contributed by atoms with Gasteiger partial charge in [0.15, 0.2) is 23.3 Å². The van der Waals surface area contributed by atoms with Crippen molar-refractivity contribution in [3.05, 3.63) is 34.6 Å². The standard InChI is InChI=1S/C13H12F5NO/c14-8-7(9(15)11(17)12(18)10(8)16)13(20)3-5-1-2-6(4-13)19-5/h5-6,19-20H,1-4H2. The van der Waals surface area contributed by atoms with Crippen molar-refractivity contribution >= 4 is 0 Å². The van der Waals surface area contributed by atoms with E-state index >= 15 is 0 Å². The topological polar surface area (TPSA) is 32.3 Å². The maximum absolute atomic E-state index is 13.8. The molecule has 0 saturated carbocycles. The van der Waals surface area contributed by atoms with Crippen LogP contribution in [-0.4, -0.2) is 17.2 Å². The third kappa shape index (κ3) is 1.83. The van der Waals surface area contributed by atoms with Crippen molar-refractivity contribution in [3.8, 4) is 0 Å². The predicted octanol–water partition coefficient (Wildman–Crippen LogP) is 2.48. The third-order valence-electron chi connectivity index (χ3n) is 4.18. The first-order valence-corrected chi connectivity index (χ1v) is 6.34. The van der Waals surface area contributed by atoms with E-state index in [-0.39, 0.29) is 24.9 Å². The van der Waals surface area contributed by atoms with Gasteiger partial charge in [-0.15, -0.1) is 0 Å². The molecule has 0 radical (unpaired) electrons. The number of piperidine rings is 1. The molecule has 110 valence electrons. The lowest BCUT2D eigenvalue weighted by molar-refractivity contribution is -0.0189. The van der Waals surface area contributed by atoms with Gasteiger partial charge in [0.1, 0.15) is 0 Å². The van der Waals surface area contributed by atoms with E-state index in [2.05, 4.69) is 5.32 Å². The Morgan fingerprint density at radius 2 is 1.20 bits per heavy atom. The first-order valence-electron chi connectivity index (χ1n) is 6.34. The van der Waals surface area contributed by atoms with Gasteiger partial charge in [-0.25, -0.2) is 22.0 Å². The SMILES string of the molecule is OC1(c2c(F)c(F)c(F)c(F)c2F)CC2CCC(C1)N2. The second kappa shape index (κ2) is 4.39. The van der Waals surface area contributed by atoms with Crippen molar-refractivity contribution in [3.63, 3.8) is 0 Å². The number of nitrogens with one attached hydrogen (secondary N) is 1. The summed E-state index contributed by atoms with van der Waals surface area (Å²) in [6.45, 7) is 0. The maximum atomic E-state index is 13.8. The van der Waals surface area contributed by atoms with Gasteiger partial charge in [0.25, 0.3) is 0 Å². The second-order valence-corrected chi connectivity index (χ2v) is 5.52. The first-order chi connectivity index (χ1) is 9.33. The molecule has 2 heterocycles. The fourth-order valence-corrected chi connectivity index (χ4v) is 3.34. The Morgan fingerprint density at radius 1 is 0.800 bits per heavy atom. The molecule has 1 aromatic carbocycles. The van der Waals surface area contributed by atoms with Gasteiger partial charge in [0, 0.05) is 12.1 Å². The lowest BCUT2D eigenvalue weighted by Gasteiger charge is -2.37. The van der Waals surface area contributed by atoms with Gasteiger partial charge in [-0.2, -0.15) is 0 Å². The van der Waals surface area contributed by atoms with Crippen LogP contribution in [0.2, 0.25) is 0 Å². The fraction of sp³-hybridized carbons (Fsp3) is 0.538. The molecule has 2 atom stereocenters. The fourth-order valence-electron chi connectivity index (χ4n) is 3.34. The van der Waals surface area contributed by atoms with Crippen molar-refractivity contribution in [2.45, 2.75) is 43.4 Å². The highest BCUT2D eigenvalue weighted by Crippen LogP contribution is 2.43. The van der Waals surface area contributed by atoms with Crippen LogP contribution in [-0.2, 0) is 5.60 Å². The summed E-state index contributed by atoms with van der Waals surface area (Å²) in [5.41, 5.74) is -3.13. The summed E-state index contributed by atoms with van der Waals surface area (Å²) in [6.07, 6.45) is 1.29. The van der Waals surface area contributed by atoms with E-state index in [1.807, 2.05) is 0 Å². The molecular formula is C13H12F5NO. The molecule has 0 spiro atoms. The van der Waals surface area contributed by atoms with E-state index in [0.717, 1.165) is 0 Å². The molecule has 7 heteroatoms. The van der Waals surface area contributed by atoms with Crippen LogP contribution in [0.3, 0.4) is 0 Å². The Morgan fingerprint density at radius 3 is 1.65 bits per heavy atom. The molecule has 2 aliphatic rings. The Balaban J connectivity index is 2.15. The van der Waals surface area contributed by atoms with E-state index in [1.165, 1.54) is 0 Å². The van der Waals surface area contributed by atoms with E-state index in [9.17, 15) is 27.1 Å².